The van der Waals surface area contributed by atoms with Gasteiger partial charge in [0.2, 0.25) is 0 Å². The summed E-state index contributed by atoms with van der Waals surface area (Å²) >= 11 is 7.01. The Balaban J connectivity index is 3.09. The van der Waals surface area contributed by atoms with Crippen LogP contribution in [0.3, 0.4) is 0 Å². The summed E-state index contributed by atoms with van der Waals surface area (Å²) in [5, 5.41) is 1.62. The molecule has 1 saturated heterocycles. The van der Waals surface area contributed by atoms with E-state index in [9.17, 15) is 4.79 Å². The number of amidine groups is 1. The number of ketones is 1. The molecular weight excluding hydrogens is 310 g/mol. The van der Waals surface area contributed by atoms with Crippen LogP contribution in [0.25, 0.3) is 0 Å². The van der Waals surface area contributed by atoms with E-state index < -0.39 is 0 Å². The molecule has 0 saturated carbocycles. The summed E-state index contributed by atoms with van der Waals surface area (Å²) in [5.41, 5.74) is 12.2. The van der Waals surface area contributed by atoms with Crippen LogP contribution >= 0.6 is 23.4 Å². The predicted molar refractivity (Wildman–Crippen MR) is 88.8 cm³/mol. The molecule has 4 N–H and O–H groups in total. The Morgan fingerprint density at radius 3 is 2.52 bits per heavy atom. The smallest absolute Gasteiger partial charge is 0.154 e. The van der Waals surface area contributed by atoms with Crippen LogP contribution in [-0.2, 0) is 9.53 Å². The Kier molecular flexibility index (Phi) is 7.56. The van der Waals surface area contributed by atoms with Crippen molar-refractivity contribution in [3.05, 3.63) is 33.8 Å². The summed E-state index contributed by atoms with van der Waals surface area (Å²) in [5.74, 6) is 0.257. The Hall–Kier alpha value is -1.24. The first-order valence-corrected chi connectivity index (χ1v) is 7.78. The zero-order valence-corrected chi connectivity index (χ0v) is 13.5. The lowest BCUT2D eigenvalue weighted by atomic mass is 9.96. The molecule has 1 aliphatic rings. The molecule has 0 aromatic heterocycles. The Morgan fingerprint density at radius 1 is 1.43 bits per heavy atom. The maximum atomic E-state index is 11.4. The molecule has 21 heavy (non-hydrogen) atoms. The monoisotopic (exact) mass is 329 g/mol. The van der Waals surface area contributed by atoms with Crippen LogP contribution in [0.15, 0.2) is 38.8 Å². The summed E-state index contributed by atoms with van der Waals surface area (Å²) in [6.07, 6.45) is 3.11. The van der Waals surface area contributed by atoms with E-state index in [0.29, 0.717) is 23.8 Å². The summed E-state index contributed by atoms with van der Waals surface area (Å²) < 4.78 is 5.32. The normalized spacial score (nSPS) is 19.1. The first-order chi connectivity index (χ1) is 9.95. The summed E-state index contributed by atoms with van der Waals surface area (Å²) in [7, 11) is 0. The van der Waals surface area contributed by atoms with Crippen molar-refractivity contribution in [2.75, 3.05) is 13.2 Å². The van der Waals surface area contributed by atoms with Crippen molar-refractivity contribution in [3.63, 3.8) is 0 Å². The number of thioether (sulfide) groups is 1. The lowest BCUT2D eigenvalue weighted by Gasteiger charge is -2.22. The molecule has 116 valence electrons. The first kappa shape index (κ1) is 17.8. The molecule has 0 aromatic rings. The van der Waals surface area contributed by atoms with Crippen LogP contribution in [0.1, 0.15) is 19.8 Å². The number of rotatable bonds is 6. The molecule has 0 atom stereocenters. The van der Waals surface area contributed by atoms with E-state index in [2.05, 4.69) is 11.6 Å². The van der Waals surface area contributed by atoms with Crippen molar-refractivity contribution in [3.8, 4) is 0 Å². The van der Waals surface area contributed by atoms with Gasteiger partial charge >= 0.3 is 0 Å². The first-order valence-electron chi connectivity index (χ1n) is 6.53. The van der Waals surface area contributed by atoms with Gasteiger partial charge in [0.1, 0.15) is 11.0 Å². The molecule has 1 aliphatic heterocycles. The Labute approximate surface area is 134 Å². The average Bonchev–Trinajstić information content (AvgIpc) is 2.44. The van der Waals surface area contributed by atoms with Gasteiger partial charge in [-0.15, -0.1) is 0 Å². The average molecular weight is 330 g/mol. The van der Waals surface area contributed by atoms with Crippen LogP contribution in [0.2, 0.25) is 0 Å². The van der Waals surface area contributed by atoms with Gasteiger partial charge in [-0.2, -0.15) is 0 Å². The fourth-order valence-electron chi connectivity index (χ4n) is 1.96. The third-order valence-corrected chi connectivity index (χ3v) is 4.02. The van der Waals surface area contributed by atoms with Gasteiger partial charge in [0.25, 0.3) is 0 Å². The number of hydrogen-bond donors (Lipinski definition) is 2. The maximum Gasteiger partial charge on any atom is 0.154 e. The topological polar surface area (TPSA) is 90.7 Å². The number of nitrogens with two attached hydrogens (primary N) is 2. The molecule has 0 radical (unpaired) electrons. The fourth-order valence-corrected chi connectivity index (χ4v) is 2.63. The third-order valence-electron chi connectivity index (χ3n) is 2.89. The van der Waals surface area contributed by atoms with Crippen LogP contribution in [-0.4, -0.2) is 24.8 Å². The van der Waals surface area contributed by atoms with Crippen LogP contribution in [0.4, 0.5) is 0 Å². The number of carbonyl (C=O) groups excluding carboxylic acids is 1. The molecule has 7 heteroatoms. The largest absolute Gasteiger partial charge is 0.388 e. The molecule has 5 nitrogen and oxygen atoms in total. The third kappa shape index (κ3) is 5.95. The highest BCUT2D eigenvalue weighted by molar-refractivity contribution is 8.06. The summed E-state index contributed by atoms with van der Waals surface area (Å²) in [6, 6.07) is 0. The molecule has 0 spiro atoms. The molecular formula is C14H20ClN3O2S. The summed E-state index contributed by atoms with van der Waals surface area (Å²) in [6.45, 7) is 6.38. The quantitative estimate of drug-likeness (QED) is 0.338. The molecule has 1 rings (SSSR count). The van der Waals surface area contributed by atoms with Crippen molar-refractivity contribution in [2.24, 2.45) is 22.4 Å². The van der Waals surface area contributed by atoms with E-state index >= 15 is 0 Å². The van der Waals surface area contributed by atoms with Gasteiger partial charge in [-0.3, -0.25) is 4.79 Å². The van der Waals surface area contributed by atoms with Crippen molar-refractivity contribution in [2.45, 2.75) is 19.8 Å². The van der Waals surface area contributed by atoms with Gasteiger partial charge in [-0.1, -0.05) is 29.9 Å². The minimum absolute atomic E-state index is 0.0512. The van der Waals surface area contributed by atoms with Gasteiger partial charge < -0.3 is 16.2 Å². The molecule has 1 heterocycles. The minimum atomic E-state index is -0.0752. The van der Waals surface area contributed by atoms with Crippen LogP contribution < -0.4 is 11.5 Å². The highest BCUT2D eigenvalue weighted by Crippen LogP contribution is 2.27. The highest BCUT2D eigenvalue weighted by atomic mass is 35.5. The lowest BCUT2D eigenvalue weighted by molar-refractivity contribution is -0.112. The number of hydrogen-bond acceptors (Lipinski definition) is 5. The fraction of sp³-hybridized carbons (Fsp3) is 0.429. The second-order valence-electron chi connectivity index (χ2n) is 4.53. The molecule has 0 unspecified atom stereocenters. The number of nitrogens with zero attached hydrogens (tertiary/aromatic N) is 1. The molecule has 0 bridgehead atoms. The predicted octanol–water partition coefficient (Wildman–Crippen LogP) is 2.49. The molecule has 1 fully saturated rings. The van der Waals surface area contributed by atoms with Crippen molar-refractivity contribution < 1.29 is 9.53 Å². The number of aliphatic imine (C=N–C) groups is 1. The minimum Gasteiger partial charge on any atom is -0.388 e. The van der Waals surface area contributed by atoms with Crippen molar-refractivity contribution in [1.82, 2.24) is 0 Å². The van der Waals surface area contributed by atoms with Gasteiger partial charge in [0.15, 0.2) is 5.78 Å². The zero-order valence-electron chi connectivity index (χ0n) is 12.0. The number of carbonyl (C=O) groups is 1. The van der Waals surface area contributed by atoms with Crippen LogP contribution in [0, 0.1) is 5.92 Å². The summed E-state index contributed by atoms with van der Waals surface area (Å²) in [4.78, 5) is 16.2. The number of ether oxygens (including phenoxy) is 1. The Morgan fingerprint density at radius 2 is 2.05 bits per heavy atom. The molecule has 0 aliphatic carbocycles. The van der Waals surface area contributed by atoms with Crippen LogP contribution in [0.5, 0.6) is 0 Å². The van der Waals surface area contributed by atoms with E-state index in [4.69, 9.17) is 27.8 Å². The van der Waals surface area contributed by atoms with Gasteiger partial charge in [-0.05, 0) is 25.2 Å². The highest BCUT2D eigenvalue weighted by Gasteiger charge is 2.20. The van der Waals surface area contributed by atoms with Gasteiger partial charge in [0.05, 0.1) is 4.91 Å². The molecule has 0 amide bonds. The van der Waals surface area contributed by atoms with E-state index in [1.54, 1.807) is 5.41 Å². The van der Waals surface area contributed by atoms with E-state index in [1.807, 2.05) is 0 Å². The van der Waals surface area contributed by atoms with Crippen molar-refractivity contribution in [1.29, 1.82) is 0 Å². The van der Waals surface area contributed by atoms with E-state index in [-0.39, 0.29) is 22.7 Å². The van der Waals surface area contributed by atoms with Crippen molar-refractivity contribution >= 4 is 35.0 Å². The second-order valence-corrected chi connectivity index (χ2v) is 5.91. The van der Waals surface area contributed by atoms with E-state index in [1.165, 1.54) is 24.8 Å². The SMILES string of the molecule is C=CSC(/C(N)=N\C(=C/C(C)=O)C1CCOCC1)=C(\N)Cl. The number of halogens is 1. The van der Waals surface area contributed by atoms with Gasteiger partial charge in [0, 0.05) is 30.9 Å². The second kappa shape index (κ2) is 8.92. The molecule has 0 aromatic carbocycles. The number of allylic oxidation sites excluding steroid dienone is 2. The lowest BCUT2D eigenvalue weighted by Crippen LogP contribution is -2.21. The zero-order chi connectivity index (χ0) is 15.8. The maximum absolute atomic E-state index is 11.4. The Bertz CT molecular complexity index is 490. The van der Waals surface area contributed by atoms with E-state index in [0.717, 1.165) is 12.8 Å². The standard InChI is InChI=1S/C14H20ClN3O2S/c1-3-21-12(13(15)16)14(17)18-11(8-9(2)19)10-4-6-20-7-5-10/h3,8,10H,1,4-7,16H2,2H3,(H2,17,18)/b11-8-,13-12-. The van der Waals surface area contributed by atoms with Gasteiger partial charge in [-0.25, -0.2) is 4.99 Å².